The van der Waals surface area contributed by atoms with Gasteiger partial charge in [0, 0.05) is 16.7 Å². The first-order chi connectivity index (χ1) is 12.9. The third kappa shape index (κ3) is 4.10. The fourth-order valence-electron chi connectivity index (χ4n) is 2.52. The van der Waals surface area contributed by atoms with Crippen LogP contribution in [0.1, 0.15) is 37.4 Å². The molecule has 2 rings (SSSR count). The van der Waals surface area contributed by atoms with Gasteiger partial charge in [-0.3, -0.25) is 9.59 Å². The summed E-state index contributed by atoms with van der Waals surface area (Å²) in [6.07, 6.45) is -10.7. The number of hydrogen-bond acceptors (Lipinski definition) is 4. The zero-order valence-electron chi connectivity index (χ0n) is 14.4. The number of carbonyl (C=O) groups excluding carboxylic acids is 2. The molecule has 0 atom stereocenters. The van der Waals surface area contributed by atoms with E-state index in [1.165, 1.54) is 20.3 Å². The molecular weight excluding hydrogens is 394 g/mol. The molecule has 28 heavy (non-hydrogen) atoms. The molecule has 4 nitrogen and oxygen atoms in total. The summed E-state index contributed by atoms with van der Waals surface area (Å²) in [5, 5.41) is 0. The van der Waals surface area contributed by atoms with Gasteiger partial charge in [0.05, 0.1) is 25.3 Å². The molecule has 0 aliphatic carbocycles. The summed E-state index contributed by atoms with van der Waals surface area (Å²) in [6, 6.07) is 3.42. The van der Waals surface area contributed by atoms with Crippen molar-refractivity contribution in [3.8, 4) is 11.5 Å². The van der Waals surface area contributed by atoms with Gasteiger partial charge in [0.2, 0.25) is 0 Å². The maximum absolute atomic E-state index is 13.4. The van der Waals surface area contributed by atoms with E-state index in [2.05, 4.69) is 0 Å². The second-order valence-corrected chi connectivity index (χ2v) is 5.50. The number of ketones is 1. The Hall–Kier alpha value is -3.04. The Bertz CT molecular complexity index is 916. The van der Waals surface area contributed by atoms with Crippen LogP contribution in [0.5, 0.6) is 11.5 Å². The Morgan fingerprint density at radius 1 is 0.893 bits per heavy atom. The number of ether oxygens (including phenoxy) is 2. The number of rotatable bonds is 5. The van der Waals surface area contributed by atoms with Gasteiger partial charge in [0.15, 0.2) is 23.6 Å². The van der Waals surface area contributed by atoms with Crippen molar-refractivity contribution in [3.05, 3.63) is 58.1 Å². The van der Waals surface area contributed by atoms with Gasteiger partial charge in [-0.1, -0.05) is 0 Å². The Kier molecular flexibility index (Phi) is 5.72. The second-order valence-electron chi connectivity index (χ2n) is 5.50. The van der Waals surface area contributed by atoms with E-state index < -0.39 is 40.4 Å². The molecule has 0 saturated carbocycles. The van der Waals surface area contributed by atoms with E-state index in [1.807, 2.05) is 0 Å². The highest BCUT2D eigenvalue weighted by molar-refractivity contribution is 6.14. The summed E-state index contributed by atoms with van der Waals surface area (Å²) in [6.45, 7) is 0. The molecule has 2 aromatic rings. The van der Waals surface area contributed by atoms with E-state index in [4.69, 9.17) is 9.47 Å². The van der Waals surface area contributed by atoms with Crippen LogP contribution in [-0.4, -0.2) is 26.3 Å². The van der Waals surface area contributed by atoms with Crippen LogP contribution >= 0.6 is 0 Å². The first-order valence-electron chi connectivity index (χ1n) is 7.48. The van der Waals surface area contributed by atoms with E-state index in [0.29, 0.717) is 0 Å². The summed E-state index contributed by atoms with van der Waals surface area (Å²) in [5.74, 6) is -1.09. The maximum atomic E-state index is 13.4. The van der Waals surface area contributed by atoms with Gasteiger partial charge in [0.25, 0.3) is 0 Å². The minimum atomic E-state index is -5.30. The fraction of sp³-hybridized carbons (Fsp3) is 0.222. The number of hydrogen-bond donors (Lipinski definition) is 0. The predicted octanol–water partition coefficient (Wildman–Crippen LogP) is 4.78. The molecule has 0 amide bonds. The molecular formula is C18H12F6O4. The van der Waals surface area contributed by atoms with Gasteiger partial charge >= 0.3 is 12.4 Å². The summed E-state index contributed by atoms with van der Waals surface area (Å²) < 4.78 is 88.8. The predicted molar refractivity (Wildman–Crippen MR) is 84.8 cm³/mol. The van der Waals surface area contributed by atoms with Gasteiger partial charge in [-0.25, -0.2) is 0 Å². The standard InChI is InChI=1S/C18H12F6O4/c1-27-13-4-3-9(6-14(13)28-2)16(26)15-10(8-25)5-11(17(19,20)21)7-12(15)18(22,23)24/h3-8H,1-2H3. The number of halogens is 6. The average Bonchev–Trinajstić information content (AvgIpc) is 2.64. The lowest BCUT2D eigenvalue weighted by Crippen LogP contribution is -2.19. The van der Waals surface area contributed by atoms with Gasteiger partial charge in [-0.05, 0) is 30.3 Å². The molecule has 0 heterocycles. The van der Waals surface area contributed by atoms with Crippen LogP contribution in [0.25, 0.3) is 0 Å². The molecule has 150 valence electrons. The minimum absolute atomic E-state index is 0.0153. The van der Waals surface area contributed by atoms with Gasteiger partial charge in [-0.15, -0.1) is 0 Å². The Balaban J connectivity index is 2.76. The smallest absolute Gasteiger partial charge is 0.417 e. The van der Waals surface area contributed by atoms with Gasteiger partial charge in [0.1, 0.15) is 0 Å². The zero-order valence-corrected chi connectivity index (χ0v) is 14.4. The van der Waals surface area contributed by atoms with E-state index >= 15 is 0 Å². The number of alkyl halides is 6. The van der Waals surface area contributed by atoms with Crippen LogP contribution in [0.15, 0.2) is 30.3 Å². The highest BCUT2D eigenvalue weighted by atomic mass is 19.4. The van der Waals surface area contributed by atoms with Gasteiger partial charge < -0.3 is 9.47 Å². The molecule has 2 aromatic carbocycles. The van der Waals surface area contributed by atoms with Crippen molar-refractivity contribution in [2.75, 3.05) is 14.2 Å². The summed E-state index contributed by atoms with van der Waals surface area (Å²) in [7, 11) is 2.52. The van der Waals surface area contributed by atoms with Crippen LogP contribution < -0.4 is 9.47 Å². The Morgan fingerprint density at radius 3 is 1.96 bits per heavy atom. The Morgan fingerprint density at radius 2 is 1.50 bits per heavy atom. The van der Waals surface area contributed by atoms with Crippen LogP contribution in [0, 0.1) is 0 Å². The normalized spacial score (nSPS) is 11.9. The van der Waals surface area contributed by atoms with Gasteiger partial charge in [-0.2, -0.15) is 26.3 Å². The van der Waals surface area contributed by atoms with E-state index in [-0.39, 0.29) is 35.5 Å². The van der Waals surface area contributed by atoms with E-state index in [9.17, 15) is 35.9 Å². The maximum Gasteiger partial charge on any atom is 0.417 e. The Labute approximate surface area is 154 Å². The quantitative estimate of drug-likeness (QED) is 0.407. The van der Waals surface area contributed by atoms with Crippen molar-refractivity contribution in [3.63, 3.8) is 0 Å². The minimum Gasteiger partial charge on any atom is -0.493 e. The van der Waals surface area contributed by atoms with Crippen LogP contribution in [-0.2, 0) is 12.4 Å². The molecule has 0 saturated heterocycles. The molecule has 10 heteroatoms. The van der Waals surface area contributed by atoms with Crippen molar-refractivity contribution in [2.45, 2.75) is 12.4 Å². The lowest BCUT2D eigenvalue weighted by atomic mass is 9.91. The molecule has 0 radical (unpaired) electrons. The molecule has 0 unspecified atom stereocenters. The monoisotopic (exact) mass is 406 g/mol. The first-order valence-corrected chi connectivity index (χ1v) is 7.48. The third-order valence-electron chi connectivity index (χ3n) is 3.80. The van der Waals surface area contributed by atoms with Crippen LogP contribution in [0.3, 0.4) is 0 Å². The SMILES string of the molecule is COc1ccc(C(=O)c2c(C=O)cc(C(F)(F)F)cc2C(F)(F)F)cc1OC. The second kappa shape index (κ2) is 7.53. The third-order valence-corrected chi connectivity index (χ3v) is 3.80. The molecule has 0 N–H and O–H groups in total. The van der Waals surface area contributed by atoms with Crippen molar-refractivity contribution in [2.24, 2.45) is 0 Å². The molecule has 0 aliphatic heterocycles. The topological polar surface area (TPSA) is 52.6 Å². The zero-order chi connectivity index (χ0) is 21.3. The largest absolute Gasteiger partial charge is 0.493 e. The summed E-state index contributed by atoms with van der Waals surface area (Å²) in [5.41, 5.74) is -6.08. The molecule has 0 fully saturated rings. The fourth-order valence-corrected chi connectivity index (χ4v) is 2.52. The highest BCUT2D eigenvalue weighted by Crippen LogP contribution is 2.40. The highest BCUT2D eigenvalue weighted by Gasteiger charge is 2.41. The molecule has 0 aromatic heterocycles. The number of carbonyl (C=O) groups is 2. The van der Waals surface area contributed by atoms with Crippen molar-refractivity contribution >= 4 is 12.1 Å². The van der Waals surface area contributed by atoms with Crippen molar-refractivity contribution in [1.29, 1.82) is 0 Å². The number of aldehydes is 1. The number of benzene rings is 2. The molecule has 0 spiro atoms. The van der Waals surface area contributed by atoms with E-state index in [1.54, 1.807) is 0 Å². The average molecular weight is 406 g/mol. The van der Waals surface area contributed by atoms with E-state index in [0.717, 1.165) is 12.1 Å². The molecule has 0 bridgehead atoms. The number of methoxy groups -OCH3 is 2. The first kappa shape index (κ1) is 21.3. The van der Waals surface area contributed by atoms with Crippen molar-refractivity contribution < 1.29 is 45.4 Å². The lowest BCUT2D eigenvalue weighted by Gasteiger charge is -2.18. The summed E-state index contributed by atoms with van der Waals surface area (Å²) >= 11 is 0. The lowest BCUT2D eigenvalue weighted by molar-refractivity contribution is -0.143. The van der Waals surface area contributed by atoms with Crippen LogP contribution in [0.4, 0.5) is 26.3 Å². The molecule has 0 aliphatic rings. The van der Waals surface area contributed by atoms with Crippen LogP contribution in [0.2, 0.25) is 0 Å². The summed E-state index contributed by atoms with van der Waals surface area (Å²) in [4.78, 5) is 23.9. The van der Waals surface area contributed by atoms with Crippen molar-refractivity contribution in [1.82, 2.24) is 0 Å².